The van der Waals surface area contributed by atoms with E-state index in [0.29, 0.717) is 0 Å². The molecule has 3 nitrogen and oxygen atoms in total. The van der Waals surface area contributed by atoms with Crippen LogP contribution in [-0.4, -0.2) is 24.0 Å². The monoisotopic (exact) mass is 207 g/mol. The van der Waals surface area contributed by atoms with Gasteiger partial charge in [-0.25, -0.2) is 4.98 Å². The molecule has 0 atom stereocenters. The van der Waals surface area contributed by atoms with Gasteiger partial charge in [-0.2, -0.15) is 5.26 Å². The molecular weight excluding hydrogens is 194 g/mol. The van der Waals surface area contributed by atoms with Gasteiger partial charge >= 0.3 is 0 Å². The molecule has 1 aliphatic rings. The van der Waals surface area contributed by atoms with E-state index in [2.05, 4.69) is 16.0 Å². The fourth-order valence-electron chi connectivity index (χ4n) is 1.41. The molecule has 14 heavy (non-hydrogen) atoms. The van der Waals surface area contributed by atoms with E-state index < -0.39 is 0 Å². The smallest absolute Gasteiger partial charge is 0.113 e. The Balaban J connectivity index is 2.15. The number of hydrogen-bond donors (Lipinski definition) is 0. The van der Waals surface area contributed by atoms with Gasteiger partial charge in [0.2, 0.25) is 0 Å². The second-order valence-electron chi connectivity index (χ2n) is 4.06. The van der Waals surface area contributed by atoms with E-state index in [1.54, 1.807) is 11.3 Å². The van der Waals surface area contributed by atoms with Crippen molar-refractivity contribution in [3.8, 4) is 6.07 Å². The zero-order valence-corrected chi connectivity index (χ0v) is 9.27. The van der Waals surface area contributed by atoms with Gasteiger partial charge in [-0.05, 0) is 26.9 Å². The molecule has 4 heteroatoms. The summed E-state index contributed by atoms with van der Waals surface area (Å²) in [5.41, 5.74) is -0.213. The van der Waals surface area contributed by atoms with Crippen LogP contribution in [0.3, 0.4) is 0 Å². The van der Waals surface area contributed by atoms with Crippen LogP contribution in [0.2, 0.25) is 0 Å². The second kappa shape index (κ2) is 3.34. The molecule has 0 spiro atoms. The Bertz CT molecular complexity index is 371. The summed E-state index contributed by atoms with van der Waals surface area (Å²) in [5.74, 6) is 0. The van der Waals surface area contributed by atoms with Crippen LogP contribution < -0.4 is 0 Å². The van der Waals surface area contributed by atoms with Crippen LogP contribution in [0.4, 0.5) is 0 Å². The second-order valence-corrected chi connectivity index (χ2v) is 5.18. The number of rotatable bonds is 3. The molecule has 0 bridgehead atoms. The first kappa shape index (κ1) is 9.63. The third-order valence-corrected chi connectivity index (χ3v) is 3.59. The minimum absolute atomic E-state index is 0.213. The molecule has 1 heterocycles. The van der Waals surface area contributed by atoms with Gasteiger partial charge in [0.1, 0.15) is 10.4 Å². The van der Waals surface area contributed by atoms with Gasteiger partial charge in [0.05, 0.1) is 6.07 Å². The quantitative estimate of drug-likeness (QED) is 0.758. The Labute approximate surface area is 88.0 Å². The van der Waals surface area contributed by atoms with Crippen LogP contribution in [0.15, 0.2) is 6.20 Å². The summed E-state index contributed by atoms with van der Waals surface area (Å²) in [6, 6.07) is 2.37. The molecule has 2 rings (SSSR count). The van der Waals surface area contributed by atoms with E-state index in [4.69, 9.17) is 5.26 Å². The van der Waals surface area contributed by atoms with Gasteiger partial charge in [-0.3, -0.25) is 0 Å². The number of nitriles is 1. The number of hydrogen-bond acceptors (Lipinski definition) is 4. The van der Waals surface area contributed by atoms with Gasteiger partial charge in [-0.15, -0.1) is 11.3 Å². The molecule has 0 aliphatic heterocycles. The van der Waals surface area contributed by atoms with E-state index in [0.717, 1.165) is 24.4 Å². The van der Waals surface area contributed by atoms with Crippen molar-refractivity contribution in [3.05, 3.63) is 16.1 Å². The third-order valence-electron chi connectivity index (χ3n) is 2.40. The normalized spacial score (nSPS) is 18.1. The van der Waals surface area contributed by atoms with E-state index in [9.17, 15) is 0 Å². The van der Waals surface area contributed by atoms with Crippen LogP contribution in [0, 0.1) is 11.3 Å². The highest BCUT2D eigenvalue weighted by Gasteiger charge is 2.47. The fourth-order valence-corrected chi connectivity index (χ4v) is 2.64. The van der Waals surface area contributed by atoms with Crippen molar-refractivity contribution in [2.45, 2.75) is 24.8 Å². The van der Waals surface area contributed by atoms with Crippen LogP contribution in [0.1, 0.15) is 22.7 Å². The van der Waals surface area contributed by atoms with E-state index in [-0.39, 0.29) is 5.41 Å². The number of thiazole rings is 1. The van der Waals surface area contributed by atoms with E-state index >= 15 is 0 Å². The summed E-state index contributed by atoms with van der Waals surface area (Å²) in [7, 11) is 4.08. The summed E-state index contributed by atoms with van der Waals surface area (Å²) in [6.07, 6.45) is 3.87. The van der Waals surface area contributed by atoms with Gasteiger partial charge in [0, 0.05) is 17.6 Å². The predicted octanol–water partition coefficient (Wildman–Crippen LogP) is 1.76. The lowest BCUT2D eigenvalue weighted by Gasteiger charge is -2.05. The van der Waals surface area contributed by atoms with Gasteiger partial charge in [0.25, 0.3) is 0 Å². The first-order chi connectivity index (χ1) is 6.66. The summed E-state index contributed by atoms with van der Waals surface area (Å²) < 4.78 is 0. The molecule has 0 unspecified atom stereocenters. The molecule has 0 amide bonds. The minimum atomic E-state index is -0.213. The molecule has 74 valence electrons. The summed E-state index contributed by atoms with van der Waals surface area (Å²) >= 11 is 1.68. The standard InChI is InChI=1S/C10H13N3S/c1-13(2)6-8-5-12-9(14-8)10(7-11)3-4-10/h5H,3-4,6H2,1-2H3. The molecular formula is C10H13N3S. The van der Waals surface area contributed by atoms with Crippen LogP contribution in [0.5, 0.6) is 0 Å². The van der Waals surface area contributed by atoms with Crippen molar-refractivity contribution in [3.63, 3.8) is 0 Å². The van der Waals surface area contributed by atoms with Crippen molar-refractivity contribution < 1.29 is 0 Å². The van der Waals surface area contributed by atoms with Crippen molar-refractivity contribution in [2.24, 2.45) is 0 Å². The largest absolute Gasteiger partial charge is 0.304 e. The zero-order valence-electron chi connectivity index (χ0n) is 8.45. The fraction of sp³-hybridized carbons (Fsp3) is 0.600. The molecule has 1 aromatic heterocycles. The SMILES string of the molecule is CN(C)Cc1cnc(C2(C#N)CC2)s1. The lowest BCUT2D eigenvalue weighted by atomic mass is 10.1. The molecule has 1 aromatic rings. The number of nitrogens with zero attached hydrogens (tertiary/aromatic N) is 3. The molecule has 1 fully saturated rings. The lowest BCUT2D eigenvalue weighted by Crippen LogP contribution is -2.09. The Morgan fingerprint density at radius 2 is 2.36 bits per heavy atom. The van der Waals surface area contributed by atoms with Crippen LogP contribution in [-0.2, 0) is 12.0 Å². The van der Waals surface area contributed by atoms with Gasteiger partial charge < -0.3 is 4.90 Å². The highest BCUT2D eigenvalue weighted by atomic mass is 32.1. The number of aromatic nitrogens is 1. The topological polar surface area (TPSA) is 39.9 Å². The molecule has 1 aliphatic carbocycles. The van der Waals surface area contributed by atoms with Crippen LogP contribution in [0.25, 0.3) is 0 Å². The van der Waals surface area contributed by atoms with Gasteiger partial charge in [-0.1, -0.05) is 0 Å². The maximum absolute atomic E-state index is 9.01. The Morgan fingerprint density at radius 1 is 1.64 bits per heavy atom. The highest BCUT2D eigenvalue weighted by molar-refractivity contribution is 7.11. The van der Waals surface area contributed by atoms with Gasteiger partial charge in [0.15, 0.2) is 0 Å². The Morgan fingerprint density at radius 3 is 2.86 bits per heavy atom. The third kappa shape index (κ3) is 1.66. The van der Waals surface area contributed by atoms with Crippen molar-refractivity contribution in [2.75, 3.05) is 14.1 Å². The van der Waals surface area contributed by atoms with Crippen molar-refractivity contribution in [1.29, 1.82) is 5.26 Å². The first-order valence-electron chi connectivity index (χ1n) is 4.67. The molecule has 0 radical (unpaired) electrons. The molecule has 0 saturated heterocycles. The minimum Gasteiger partial charge on any atom is -0.304 e. The average molecular weight is 207 g/mol. The Hall–Kier alpha value is -0.920. The Kier molecular flexibility index (Phi) is 2.30. The molecule has 0 N–H and O–H groups in total. The maximum Gasteiger partial charge on any atom is 0.113 e. The van der Waals surface area contributed by atoms with E-state index in [1.807, 2.05) is 20.3 Å². The molecule has 1 saturated carbocycles. The van der Waals surface area contributed by atoms with Crippen molar-refractivity contribution in [1.82, 2.24) is 9.88 Å². The zero-order chi connectivity index (χ0) is 10.2. The maximum atomic E-state index is 9.01. The summed E-state index contributed by atoms with van der Waals surface area (Å²) in [5, 5.41) is 10.0. The summed E-state index contributed by atoms with van der Waals surface area (Å²) in [6.45, 7) is 0.916. The lowest BCUT2D eigenvalue weighted by molar-refractivity contribution is 0.406. The van der Waals surface area contributed by atoms with Crippen molar-refractivity contribution >= 4 is 11.3 Å². The first-order valence-corrected chi connectivity index (χ1v) is 5.49. The van der Waals surface area contributed by atoms with Crippen LogP contribution >= 0.6 is 11.3 Å². The average Bonchev–Trinajstić information content (AvgIpc) is 2.81. The summed E-state index contributed by atoms with van der Waals surface area (Å²) in [4.78, 5) is 7.70. The molecule has 0 aromatic carbocycles. The van der Waals surface area contributed by atoms with E-state index in [1.165, 1.54) is 4.88 Å². The highest BCUT2D eigenvalue weighted by Crippen LogP contribution is 2.48. The predicted molar refractivity (Wildman–Crippen MR) is 56.0 cm³/mol.